The van der Waals surface area contributed by atoms with E-state index in [1.54, 1.807) is 6.07 Å². The molecule has 0 aliphatic heterocycles. The predicted octanol–water partition coefficient (Wildman–Crippen LogP) is 1.31. The SMILES string of the molecule is O=Cc1cc2[nH]ccc2[nH]1. The number of fused-ring (bicyclic) bond motifs is 1. The van der Waals surface area contributed by atoms with E-state index >= 15 is 0 Å². The lowest BCUT2D eigenvalue weighted by Crippen LogP contribution is -1.74. The highest BCUT2D eigenvalue weighted by Crippen LogP contribution is 2.10. The van der Waals surface area contributed by atoms with Crippen LogP contribution < -0.4 is 0 Å². The molecule has 0 saturated carbocycles. The van der Waals surface area contributed by atoms with E-state index in [1.165, 1.54) is 0 Å². The van der Waals surface area contributed by atoms with Crippen molar-refractivity contribution in [3.05, 3.63) is 24.0 Å². The largest absolute Gasteiger partial charge is 0.360 e. The number of carbonyl (C=O) groups is 1. The van der Waals surface area contributed by atoms with Crippen molar-refractivity contribution in [2.45, 2.75) is 0 Å². The van der Waals surface area contributed by atoms with Gasteiger partial charge in [-0.05, 0) is 12.1 Å². The molecule has 0 aliphatic carbocycles. The van der Waals surface area contributed by atoms with Gasteiger partial charge >= 0.3 is 0 Å². The highest BCUT2D eigenvalue weighted by molar-refractivity contribution is 5.85. The van der Waals surface area contributed by atoms with Gasteiger partial charge in [0.25, 0.3) is 0 Å². The Morgan fingerprint density at radius 1 is 1.40 bits per heavy atom. The standard InChI is InChI=1S/C7H6N2O/c10-4-5-3-7-6(9-5)1-2-8-7/h1-4,8-9H. The number of aromatic nitrogens is 2. The minimum Gasteiger partial charge on any atom is -0.360 e. The fourth-order valence-electron chi connectivity index (χ4n) is 1.02. The van der Waals surface area contributed by atoms with Gasteiger partial charge in [0.1, 0.15) is 0 Å². The molecular formula is C7H6N2O. The maximum atomic E-state index is 10.2. The van der Waals surface area contributed by atoms with Gasteiger partial charge in [-0.3, -0.25) is 4.79 Å². The highest BCUT2D eigenvalue weighted by Gasteiger charge is 1.97. The van der Waals surface area contributed by atoms with E-state index in [4.69, 9.17) is 0 Å². The predicted molar refractivity (Wildman–Crippen MR) is 38.0 cm³/mol. The summed E-state index contributed by atoms with van der Waals surface area (Å²) in [5, 5.41) is 0. The summed E-state index contributed by atoms with van der Waals surface area (Å²) in [7, 11) is 0. The number of rotatable bonds is 1. The molecule has 0 aliphatic rings. The van der Waals surface area contributed by atoms with E-state index < -0.39 is 0 Å². The number of carbonyl (C=O) groups excluding carboxylic acids is 1. The Balaban J connectivity index is 2.78. The summed E-state index contributed by atoms with van der Waals surface area (Å²) in [4.78, 5) is 16.1. The first kappa shape index (κ1) is 5.29. The van der Waals surface area contributed by atoms with Crippen molar-refractivity contribution in [1.82, 2.24) is 9.97 Å². The zero-order chi connectivity index (χ0) is 6.97. The van der Waals surface area contributed by atoms with Crippen LogP contribution in [0.4, 0.5) is 0 Å². The zero-order valence-electron chi connectivity index (χ0n) is 5.22. The number of aldehydes is 1. The van der Waals surface area contributed by atoms with Gasteiger partial charge in [-0.1, -0.05) is 0 Å². The average Bonchev–Trinajstić information content (AvgIpc) is 2.42. The molecule has 2 N–H and O–H groups in total. The van der Waals surface area contributed by atoms with Gasteiger partial charge in [-0.15, -0.1) is 0 Å². The molecule has 2 rings (SSSR count). The summed E-state index contributed by atoms with van der Waals surface area (Å²) in [6.45, 7) is 0. The summed E-state index contributed by atoms with van der Waals surface area (Å²) < 4.78 is 0. The van der Waals surface area contributed by atoms with Crippen LogP contribution in [-0.4, -0.2) is 16.3 Å². The third-order valence-electron chi connectivity index (χ3n) is 1.48. The van der Waals surface area contributed by atoms with Crippen molar-refractivity contribution in [3.63, 3.8) is 0 Å². The van der Waals surface area contributed by atoms with Crippen LogP contribution in [0.25, 0.3) is 11.0 Å². The van der Waals surface area contributed by atoms with Crippen LogP contribution in [0.5, 0.6) is 0 Å². The lowest BCUT2D eigenvalue weighted by atomic mass is 10.4. The smallest absolute Gasteiger partial charge is 0.166 e. The molecule has 0 spiro atoms. The lowest BCUT2D eigenvalue weighted by molar-refractivity contribution is 0.112. The second-order valence-electron chi connectivity index (χ2n) is 2.15. The normalized spacial score (nSPS) is 10.4. The third-order valence-corrected chi connectivity index (χ3v) is 1.48. The molecule has 2 heterocycles. The zero-order valence-corrected chi connectivity index (χ0v) is 5.22. The third kappa shape index (κ3) is 0.572. The second-order valence-corrected chi connectivity index (χ2v) is 2.15. The molecule has 0 saturated heterocycles. The molecular weight excluding hydrogens is 128 g/mol. The highest BCUT2D eigenvalue weighted by atomic mass is 16.1. The van der Waals surface area contributed by atoms with Crippen molar-refractivity contribution >= 4 is 17.3 Å². The maximum absolute atomic E-state index is 10.2. The van der Waals surface area contributed by atoms with E-state index in [2.05, 4.69) is 9.97 Å². The van der Waals surface area contributed by atoms with Crippen molar-refractivity contribution in [3.8, 4) is 0 Å². The first-order valence-corrected chi connectivity index (χ1v) is 3.01. The number of H-pyrrole nitrogens is 2. The molecule has 50 valence electrons. The fraction of sp³-hybridized carbons (Fsp3) is 0. The topological polar surface area (TPSA) is 48.6 Å². The summed E-state index contributed by atoms with van der Waals surface area (Å²) >= 11 is 0. The summed E-state index contributed by atoms with van der Waals surface area (Å²) in [6, 6.07) is 3.67. The molecule has 0 fully saturated rings. The van der Waals surface area contributed by atoms with Crippen molar-refractivity contribution in [2.75, 3.05) is 0 Å². The minimum absolute atomic E-state index is 0.613. The first-order valence-electron chi connectivity index (χ1n) is 3.01. The molecule has 0 bridgehead atoms. The summed E-state index contributed by atoms with van der Waals surface area (Å²) in [5.74, 6) is 0. The Bertz CT molecular complexity index is 330. The number of hydrogen-bond donors (Lipinski definition) is 2. The van der Waals surface area contributed by atoms with E-state index in [1.807, 2.05) is 12.3 Å². The quantitative estimate of drug-likeness (QED) is 0.567. The van der Waals surface area contributed by atoms with E-state index in [-0.39, 0.29) is 0 Å². The Kier molecular flexibility index (Phi) is 0.917. The minimum atomic E-state index is 0.613. The molecule has 0 aromatic carbocycles. The Hall–Kier alpha value is -1.51. The Morgan fingerprint density at radius 2 is 2.30 bits per heavy atom. The number of nitrogens with one attached hydrogen (secondary N) is 2. The van der Waals surface area contributed by atoms with Gasteiger partial charge in [-0.2, -0.15) is 0 Å². The van der Waals surface area contributed by atoms with Crippen molar-refractivity contribution in [1.29, 1.82) is 0 Å². The Morgan fingerprint density at radius 3 is 3.00 bits per heavy atom. The van der Waals surface area contributed by atoms with E-state index in [9.17, 15) is 4.79 Å². The monoisotopic (exact) mass is 134 g/mol. The van der Waals surface area contributed by atoms with Gasteiger partial charge < -0.3 is 9.97 Å². The van der Waals surface area contributed by atoms with Gasteiger partial charge in [0.05, 0.1) is 16.7 Å². The Labute approximate surface area is 57.1 Å². The van der Waals surface area contributed by atoms with Gasteiger partial charge in [0.2, 0.25) is 0 Å². The van der Waals surface area contributed by atoms with Crippen LogP contribution in [0.2, 0.25) is 0 Å². The van der Waals surface area contributed by atoms with E-state index in [0.717, 1.165) is 17.3 Å². The second kappa shape index (κ2) is 1.73. The van der Waals surface area contributed by atoms with Crippen LogP contribution in [-0.2, 0) is 0 Å². The van der Waals surface area contributed by atoms with Crippen molar-refractivity contribution in [2.24, 2.45) is 0 Å². The van der Waals surface area contributed by atoms with Crippen LogP contribution in [0.1, 0.15) is 10.5 Å². The van der Waals surface area contributed by atoms with Crippen LogP contribution in [0.3, 0.4) is 0 Å². The van der Waals surface area contributed by atoms with Crippen LogP contribution in [0.15, 0.2) is 18.3 Å². The van der Waals surface area contributed by atoms with Crippen molar-refractivity contribution < 1.29 is 4.79 Å². The average molecular weight is 134 g/mol. The van der Waals surface area contributed by atoms with Gasteiger partial charge in [0, 0.05) is 6.20 Å². The fourth-order valence-corrected chi connectivity index (χ4v) is 1.02. The molecule has 3 heteroatoms. The molecule has 0 unspecified atom stereocenters. The van der Waals surface area contributed by atoms with E-state index in [0.29, 0.717) is 5.69 Å². The number of hydrogen-bond acceptors (Lipinski definition) is 1. The van der Waals surface area contributed by atoms with Gasteiger partial charge in [0.15, 0.2) is 6.29 Å². The summed E-state index contributed by atoms with van der Waals surface area (Å²) in [6.07, 6.45) is 2.63. The molecule has 2 aromatic rings. The molecule has 0 atom stereocenters. The van der Waals surface area contributed by atoms with Gasteiger partial charge in [-0.25, -0.2) is 0 Å². The molecule has 2 aromatic heterocycles. The van der Waals surface area contributed by atoms with Crippen LogP contribution in [0, 0.1) is 0 Å². The maximum Gasteiger partial charge on any atom is 0.166 e. The molecule has 0 amide bonds. The lowest BCUT2D eigenvalue weighted by Gasteiger charge is -1.74. The molecule has 3 nitrogen and oxygen atoms in total. The molecule has 10 heavy (non-hydrogen) atoms. The summed E-state index contributed by atoms with van der Waals surface area (Å²) in [5.41, 5.74) is 2.56. The first-order chi connectivity index (χ1) is 4.90. The number of aromatic amines is 2. The molecule has 0 radical (unpaired) electrons. The van der Waals surface area contributed by atoms with Crippen LogP contribution >= 0.6 is 0 Å².